The van der Waals surface area contributed by atoms with Gasteiger partial charge in [0.15, 0.2) is 0 Å². The Bertz CT molecular complexity index is 652. The summed E-state index contributed by atoms with van der Waals surface area (Å²) >= 11 is 0. The Balaban J connectivity index is 1.39. The second kappa shape index (κ2) is 8.28. The largest absolute Gasteiger partial charge is 0.352 e. The zero-order valence-electron chi connectivity index (χ0n) is 14.6. The molecule has 0 bridgehead atoms. The summed E-state index contributed by atoms with van der Waals surface area (Å²) in [5.41, 5.74) is 2.13. The van der Waals surface area contributed by atoms with Gasteiger partial charge >= 0.3 is 0 Å². The van der Waals surface area contributed by atoms with Crippen LogP contribution in [0.2, 0.25) is 0 Å². The highest BCUT2D eigenvalue weighted by Crippen LogP contribution is 2.31. The smallest absolute Gasteiger partial charge is 0.222 e. The summed E-state index contributed by atoms with van der Waals surface area (Å²) in [4.78, 5) is 37.1. The van der Waals surface area contributed by atoms with Crippen molar-refractivity contribution in [2.24, 2.45) is 5.92 Å². The fraction of sp³-hybridized carbons (Fsp3) is 0.550. The summed E-state index contributed by atoms with van der Waals surface area (Å²) in [6.07, 6.45) is 5.22. The van der Waals surface area contributed by atoms with E-state index in [0.717, 1.165) is 36.9 Å². The topological polar surface area (TPSA) is 66.5 Å². The van der Waals surface area contributed by atoms with Crippen LogP contribution in [0.15, 0.2) is 24.3 Å². The number of nitrogens with one attached hydrogen (secondary N) is 1. The quantitative estimate of drug-likeness (QED) is 0.750. The molecule has 5 heteroatoms. The van der Waals surface area contributed by atoms with Gasteiger partial charge in [-0.1, -0.05) is 24.3 Å². The van der Waals surface area contributed by atoms with E-state index in [9.17, 15) is 14.4 Å². The Labute approximate surface area is 148 Å². The third-order valence-electron chi connectivity index (χ3n) is 4.89. The van der Waals surface area contributed by atoms with Crippen LogP contribution in [0.25, 0.3) is 0 Å². The number of benzene rings is 1. The molecule has 1 aliphatic carbocycles. The molecule has 1 saturated heterocycles. The number of amides is 2. The first-order chi connectivity index (χ1) is 12.1. The van der Waals surface area contributed by atoms with Crippen molar-refractivity contribution in [3.63, 3.8) is 0 Å². The van der Waals surface area contributed by atoms with Crippen LogP contribution in [0.3, 0.4) is 0 Å². The van der Waals surface area contributed by atoms with Crippen LogP contribution < -0.4 is 5.32 Å². The third-order valence-corrected chi connectivity index (χ3v) is 4.89. The van der Waals surface area contributed by atoms with Gasteiger partial charge in [0.05, 0.1) is 0 Å². The monoisotopic (exact) mass is 342 g/mol. The molecule has 1 aliphatic heterocycles. The molecular formula is C20H26N2O3. The predicted molar refractivity (Wildman–Crippen MR) is 94.5 cm³/mol. The lowest BCUT2D eigenvalue weighted by molar-refractivity contribution is -0.128. The standard InChI is InChI=1S/C20H26N2O3/c23-18(17-9-10-17)6-2-7-19(24)21-13-15-4-1-5-16(12-15)14-22-11-3-8-20(22)25/h1,4-5,12,17H,2-3,6-11,13-14H2,(H,21,24). The number of likely N-dealkylation sites (tertiary alicyclic amines) is 1. The number of Topliss-reactive ketones (excluding diaryl/α,β-unsaturated/α-hetero) is 1. The molecule has 0 unspecified atom stereocenters. The first kappa shape index (κ1) is 17.6. The maximum atomic E-state index is 11.9. The first-order valence-corrected chi connectivity index (χ1v) is 9.27. The minimum Gasteiger partial charge on any atom is -0.352 e. The number of rotatable bonds is 9. The minimum atomic E-state index is -0.0104. The van der Waals surface area contributed by atoms with E-state index < -0.39 is 0 Å². The van der Waals surface area contributed by atoms with Gasteiger partial charge in [-0.05, 0) is 36.8 Å². The van der Waals surface area contributed by atoms with Crippen LogP contribution in [-0.2, 0) is 27.5 Å². The molecule has 3 rings (SSSR count). The average molecular weight is 342 g/mol. The minimum absolute atomic E-state index is 0.0104. The Hall–Kier alpha value is -2.17. The summed E-state index contributed by atoms with van der Waals surface area (Å²) in [5, 5.41) is 2.92. The number of nitrogens with zero attached hydrogens (tertiary/aromatic N) is 1. The van der Waals surface area contributed by atoms with Crippen molar-refractivity contribution in [3.05, 3.63) is 35.4 Å². The molecule has 0 atom stereocenters. The SMILES string of the molecule is O=C(CCCC(=O)C1CC1)NCc1cccc(CN2CCCC2=O)c1. The zero-order valence-corrected chi connectivity index (χ0v) is 14.6. The third kappa shape index (κ3) is 5.41. The number of hydrogen-bond donors (Lipinski definition) is 1. The van der Waals surface area contributed by atoms with Gasteiger partial charge in [0, 0.05) is 44.8 Å². The van der Waals surface area contributed by atoms with E-state index >= 15 is 0 Å². The van der Waals surface area contributed by atoms with E-state index in [-0.39, 0.29) is 17.7 Å². The van der Waals surface area contributed by atoms with Crippen LogP contribution in [0.4, 0.5) is 0 Å². The second-order valence-corrected chi connectivity index (χ2v) is 7.11. The van der Waals surface area contributed by atoms with E-state index in [2.05, 4.69) is 5.32 Å². The predicted octanol–water partition coefficient (Wildman–Crippen LogP) is 2.57. The van der Waals surface area contributed by atoms with Gasteiger partial charge in [-0.3, -0.25) is 14.4 Å². The van der Waals surface area contributed by atoms with E-state index in [1.54, 1.807) is 0 Å². The molecule has 0 radical (unpaired) electrons. The summed E-state index contributed by atoms with van der Waals surface area (Å²) < 4.78 is 0. The van der Waals surface area contributed by atoms with Crippen LogP contribution in [0.5, 0.6) is 0 Å². The van der Waals surface area contributed by atoms with Crippen molar-refractivity contribution >= 4 is 17.6 Å². The fourth-order valence-corrected chi connectivity index (χ4v) is 3.25. The maximum absolute atomic E-state index is 11.9. The van der Waals surface area contributed by atoms with E-state index in [1.165, 1.54) is 0 Å². The molecule has 1 N–H and O–H groups in total. The fourth-order valence-electron chi connectivity index (χ4n) is 3.25. The normalized spacial score (nSPS) is 17.0. The van der Waals surface area contributed by atoms with Crippen LogP contribution in [0, 0.1) is 5.92 Å². The molecule has 2 amide bonds. The van der Waals surface area contributed by atoms with Gasteiger partial charge in [0.2, 0.25) is 11.8 Å². The molecule has 0 spiro atoms. The molecule has 5 nitrogen and oxygen atoms in total. The average Bonchev–Trinajstić information content (AvgIpc) is 3.38. The van der Waals surface area contributed by atoms with Crippen LogP contribution in [-0.4, -0.2) is 29.0 Å². The van der Waals surface area contributed by atoms with E-state index in [4.69, 9.17) is 0 Å². The van der Waals surface area contributed by atoms with Crippen molar-refractivity contribution in [3.8, 4) is 0 Å². The molecular weight excluding hydrogens is 316 g/mol. The van der Waals surface area contributed by atoms with Crippen molar-refractivity contribution < 1.29 is 14.4 Å². The summed E-state index contributed by atoms with van der Waals surface area (Å²) in [6, 6.07) is 8.00. The van der Waals surface area contributed by atoms with Gasteiger partial charge < -0.3 is 10.2 Å². The molecule has 1 aromatic carbocycles. The van der Waals surface area contributed by atoms with E-state index in [0.29, 0.717) is 44.6 Å². The van der Waals surface area contributed by atoms with Gasteiger partial charge in [-0.15, -0.1) is 0 Å². The highest BCUT2D eigenvalue weighted by atomic mass is 16.2. The zero-order chi connectivity index (χ0) is 17.6. The summed E-state index contributed by atoms with van der Waals surface area (Å²) in [6.45, 7) is 1.96. The molecule has 0 aromatic heterocycles. The molecule has 2 aliphatic rings. The van der Waals surface area contributed by atoms with Crippen LogP contribution in [0.1, 0.15) is 56.1 Å². The highest BCUT2D eigenvalue weighted by Gasteiger charge is 2.28. The molecule has 2 fully saturated rings. The molecule has 1 saturated carbocycles. The lowest BCUT2D eigenvalue weighted by Gasteiger charge is -2.16. The van der Waals surface area contributed by atoms with Crippen molar-refractivity contribution in [2.75, 3.05) is 6.54 Å². The highest BCUT2D eigenvalue weighted by molar-refractivity contribution is 5.84. The number of hydrogen-bond acceptors (Lipinski definition) is 3. The van der Waals surface area contributed by atoms with Crippen LogP contribution >= 0.6 is 0 Å². The Morgan fingerprint density at radius 2 is 1.96 bits per heavy atom. The Morgan fingerprint density at radius 1 is 1.16 bits per heavy atom. The van der Waals surface area contributed by atoms with Gasteiger partial charge in [-0.25, -0.2) is 0 Å². The summed E-state index contributed by atoms with van der Waals surface area (Å²) in [7, 11) is 0. The Morgan fingerprint density at radius 3 is 2.68 bits per heavy atom. The van der Waals surface area contributed by atoms with Gasteiger partial charge in [0.1, 0.15) is 5.78 Å². The maximum Gasteiger partial charge on any atom is 0.222 e. The van der Waals surface area contributed by atoms with Gasteiger partial charge in [0.25, 0.3) is 0 Å². The first-order valence-electron chi connectivity index (χ1n) is 9.27. The van der Waals surface area contributed by atoms with Gasteiger partial charge in [-0.2, -0.15) is 0 Å². The molecule has 1 heterocycles. The lowest BCUT2D eigenvalue weighted by atomic mass is 10.1. The number of ketones is 1. The van der Waals surface area contributed by atoms with Crippen molar-refractivity contribution in [1.82, 2.24) is 10.2 Å². The molecule has 1 aromatic rings. The Kier molecular flexibility index (Phi) is 5.84. The van der Waals surface area contributed by atoms with Crippen molar-refractivity contribution in [1.29, 1.82) is 0 Å². The summed E-state index contributed by atoms with van der Waals surface area (Å²) in [5.74, 6) is 0.813. The number of carbonyl (C=O) groups excluding carboxylic acids is 3. The van der Waals surface area contributed by atoms with Crippen molar-refractivity contribution in [2.45, 2.75) is 58.0 Å². The molecule has 134 valence electrons. The lowest BCUT2D eigenvalue weighted by Crippen LogP contribution is -2.24. The molecule has 25 heavy (non-hydrogen) atoms. The number of carbonyl (C=O) groups is 3. The second-order valence-electron chi connectivity index (χ2n) is 7.11. The van der Waals surface area contributed by atoms with E-state index in [1.807, 2.05) is 29.2 Å².